The van der Waals surface area contributed by atoms with Crippen molar-refractivity contribution in [3.63, 3.8) is 0 Å². The minimum atomic E-state index is -4.26. The van der Waals surface area contributed by atoms with Crippen LogP contribution in [-0.4, -0.2) is 37.6 Å². The molecule has 0 heterocycles. The first-order valence-corrected chi connectivity index (χ1v) is 6.75. The second kappa shape index (κ2) is 5.84. The third-order valence-corrected chi connectivity index (χ3v) is 3.91. The lowest BCUT2D eigenvalue weighted by molar-refractivity contribution is -0.385. The van der Waals surface area contributed by atoms with Gasteiger partial charge in [0.1, 0.15) is 16.7 Å². The van der Waals surface area contributed by atoms with E-state index in [0.29, 0.717) is 0 Å². The third kappa shape index (κ3) is 3.42. The predicted molar refractivity (Wildman–Crippen MR) is 67.1 cm³/mol. The number of benzene rings is 1. The van der Waals surface area contributed by atoms with E-state index in [1.54, 1.807) is 0 Å². The summed E-state index contributed by atoms with van der Waals surface area (Å²) >= 11 is 0. The first-order chi connectivity index (χ1) is 9.19. The molecule has 0 bridgehead atoms. The molecule has 10 heteroatoms. The van der Waals surface area contributed by atoms with Crippen LogP contribution in [-0.2, 0) is 14.8 Å². The third-order valence-electron chi connectivity index (χ3n) is 2.35. The van der Waals surface area contributed by atoms with Crippen molar-refractivity contribution in [1.82, 2.24) is 4.72 Å². The molecule has 0 unspecified atom stereocenters. The number of nitro groups is 1. The van der Waals surface area contributed by atoms with Gasteiger partial charge in [0.15, 0.2) is 0 Å². The van der Waals surface area contributed by atoms with Crippen molar-refractivity contribution in [1.29, 1.82) is 0 Å². The molecule has 0 aromatic heterocycles. The first kappa shape index (κ1) is 15.9. The smallest absolute Gasteiger partial charge is 0.321 e. The van der Waals surface area contributed by atoms with Gasteiger partial charge in [-0.25, -0.2) is 8.42 Å². The molecule has 1 aromatic rings. The van der Waals surface area contributed by atoms with Crippen molar-refractivity contribution in [2.24, 2.45) is 0 Å². The molecule has 110 valence electrons. The van der Waals surface area contributed by atoms with Gasteiger partial charge in [0.25, 0.3) is 5.69 Å². The molecule has 0 radical (unpaired) electrons. The van der Waals surface area contributed by atoms with Crippen LogP contribution < -0.4 is 9.46 Å². The maximum absolute atomic E-state index is 12.0. The molecule has 1 aromatic carbocycles. The Kier molecular flexibility index (Phi) is 4.63. The molecular formula is C10H12N2O7S. The second-order valence-electron chi connectivity index (χ2n) is 3.77. The Morgan fingerprint density at radius 2 is 2.10 bits per heavy atom. The normalized spacial score (nSPS) is 12.7. The number of hydrogen-bond donors (Lipinski definition) is 2. The number of nitrogens with one attached hydrogen (secondary N) is 1. The molecule has 2 N–H and O–H groups in total. The number of methoxy groups -OCH3 is 1. The molecule has 0 fully saturated rings. The Morgan fingerprint density at radius 3 is 2.55 bits per heavy atom. The summed E-state index contributed by atoms with van der Waals surface area (Å²) in [6, 6.07) is 1.62. The number of nitrogens with zero attached hydrogens (tertiary/aromatic N) is 1. The topological polar surface area (TPSA) is 136 Å². The van der Waals surface area contributed by atoms with Crippen LogP contribution >= 0.6 is 0 Å². The number of nitro benzene ring substituents is 1. The fourth-order valence-corrected chi connectivity index (χ4v) is 2.72. The molecule has 0 aliphatic rings. The zero-order chi connectivity index (χ0) is 15.5. The fraction of sp³-hybridized carbons (Fsp3) is 0.300. The van der Waals surface area contributed by atoms with Gasteiger partial charge in [0.05, 0.1) is 12.0 Å². The quantitative estimate of drug-likeness (QED) is 0.571. The van der Waals surface area contributed by atoms with E-state index in [-0.39, 0.29) is 5.75 Å². The lowest BCUT2D eigenvalue weighted by Gasteiger charge is -2.12. The lowest BCUT2D eigenvalue weighted by atomic mass is 10.3. The Morgan fingerprint density at radius 1 is 1.50 bits per heavy atom. The number of non-ortho nitro benzene ring substituents is 1. The van der Waals surface area contributed by atoms with Gasteiger partial charge in [-0.1, -0.05) is 0 Å². The van der Waals surface area contributed by atoms with Crippen molar-refractivity contribution >= 4 is 21.7 Å². The van der Waals surface area contributed by atoms with E-state index in [1.165, 1.54) is 7.11 Å². The number of hydrogen-bond acceptors (Lipinski definition) is 6. The van der Waals surface area contributed by atoms with Gasteiger partial charge in [0, 0.05) is 12.1 Å². The van der Waals surface area contributed by atoms with Gasteiger partial charge in [0.2, 0.25) is 10.0 Å². The van der Waals surface area contributed by atoms with Crippen molar-refractivity contribution in [2.75, 3.05) is 7.11 Å². The number of carboxylic acid groups (broad SMARTS) is 1. The maximum Gasteiger partial charge on any atom is 0.321 e. The highest BCUT2D eigenvalue weighted by Gasteiger charge is 2.26. The standard InChI is InChI=1S/C10H12N2O7S/c1-6(10(13)14)11-20(17,18)9-5-7(12(15)16)3-4-8(9)19-2/h3-6,11H,1-2H3,(H,13,14)/t6-/m0/s1. The lowest BCUT2D eigenvalue weighted by Crippen LogP contribution is -2.38. The maximum atomic E-state index is 12.0. The molecule has 0 saturated heterocycles. The zero-order valence-corrected chi connectivity index (χ0v) is 11.4. The fourth-order valence-electron chi connectivity index (χ4n) is 1.34. The van der Waals surface area contributed by atoms with E-state index in [1.807, 2.05) is 4.72 Å². The van der Waals surface area contributed by atoms with E-state index in [9.17, 15) is 23.3 Å². The van der Waals surface area contributed by atoms with Gasteiger partial charge in [-0.3, -0.25) is 14.9 Å². The molecule has 0 aliphatic carbocycles. The number of carbonyl (C=O) groups is 1. The largest absolute Gasteiger partial charge is 0.495 e. The van der Waals surface area contributed by atoms with Gasteiger partial charge in [-0.05, 0) is 13.0 Å². The molecule has 20 heavy (non-hydrogen) atoms. The van der Waals surface area contributed by atoms with E-state index < -0.39 is 37.5 Å². The summed E-state index contributed by atoms with van der Waals surface area (Å²) in [7, 11) is -3.07. The van der Waals surface area contributed by atoms with E-state index in [0.717, 1.165) is 25.1 Å². The highest BCUT2D eigenvalue weighted by molar-refractivity contribution is 7.89. The van der Waals surface area contributed by atoms with Crippen molar-refractivity contribution in [3.8, 4) is 5.75 Å². The summed E-state index contributed by atoms with van der Waals surface area (Å²) in [6.45, 7) is 1.13. The number of sulfonamides is 1. The SMILES string of the molecule is COc1ccc([N+](=O)[O-])cc1S(=O)(=O)N[C@@H](C)C(=O)O. The zero-order valence-electron chi connectivity index (χ0n) is 10.6. The van der Waals surface area contributed by atoms with Crippen LogP contribution in [0.1, 0.15) is 6.92 Å². The minimum absolute atomic E-state index is 0.124. The first-order valence-electron chi connectivity index (χ1n) is 5.26. The molecule has 1 rings (SSSR count). The van der Waals surface area contributed by atoms with Crippen molar-refractivity contribution in [3.05, 3.63) is 28.3 Å². The number of rotatable bonds is 6. The molecule has 0 amide bonds. The highest BCUT2D eigenvalue weighted by Crippen LogP contribution is 2.28. The molecule has 9 nitrogen and oxygen atoms in total. The van der Waals surface area contributed by atoms with E-state index >= 15 is 0 Å². The monoisotopic (exact) mass is 304 g/mol. The van der Waals surface area contributed by atoms with Gasteiger partial charge < -0.3 is 9.84 Å². The van der Waals surface area contributed by atoms with Gasteiger partial charge >= 0.3 is 5.97 Å². The van der Waals surface area contributed by atoms with Crippen LogP contribution in [0, 0.1) is 10.1 Å². The van der Waals surface area contributed by atoms with Crippen LogP contribution in [0.4, 0.5) is 5.69 Å². The second-order valence-corrected chi connectivity index (χ2v) is 5.46. The van der Waals surface area contributed by atoms with Gasteiger partial charge in [-0.15, -0.1) is 0 Å². The molecule has 0 spiro atoms. The molecule has 0 saturated carbocycles. The van der Waals surface area contributed by atoms with Crippen LogP contribution in [0.25, 0.3) is 0 Å². The summed E-state index contributed by atoms with van der Waals surface area (Å²) in [5, 5.41) is 19.4. The number of carboxylic acids is 1. The highest BCUT2D eigenvalue weighted by atomic mass is 32.2. The van der Waals surface area contributed by atoms with Gasteiger partial charge in [-0.2, -0.15) is 4.72 Å². The van der Waals surface area contributed by atoms with Crippen LogP contribution in [0.3, 0.4) is 0 Å². The average molecular weight is 304 g/mol. The Labute approximate surface area is 114 Å². The van der Waals surface area contributed by atoms with Crippen LogP contribution in [0.15, 0.2) is 23.1 Å². The minimum Gasteiger partial charge on any atom is -0.495 e. The molecule has 1 atom stereocenters. The Balaban J connectivity index is 3.31. The van der Waals surface area contributed by atoms with Crippen LogP contribution in [0.5, 0.6) is 5.75 Å². The van der Waals surface area contributed by atoms with Crippen molar-refractivity contribution in [2.45, 2.75) is 17.9 Å². The summed E-state index contributed by atoms with van der Waals surface area (Å²) < 4.78 is 30.8. The molecule has 0 aliphatic heterocycles. The predicted octanol–water partition coefficient (Wildman–Crippen LogP) is 0.355. The Hall–Kier alpha value is -2.20. The van der Waals surface area contributed by atoms with E-state index in [4.69, 9.17) is 9.84 Å². The van der Waals surface area contributed by atoms with E-state index in [2.05, 4.69) is 0 Å². The van der Waals surface area contributed by atoms with Crippen LogP contribution in [0.2, 0.25) is 0 Å². The average Bonchev–Trinajstić information content (AvgIpc) is 2.37. The summed E-state index contributed by atoms with van der Waals surface area (Å²) in [5.74, 6) is -1.50. The Bertz CT molecular complexity index is 641. The summed E-state index contributed by atoms with van der Waals surface area (Å²) in [4.78, 5) is 20.1. The molecular weight excluding hydrogens is 292 g/mol. The number of aliphatic carboxylic acids is 1. The number of ether oxygens (including phenoxy) is 1. The summed E-state index contributed by atoms with van der Waals surface area (Å²) in [6.07, 6.45) is 0. The van der Waals surface area contributed by atoms with Crippen molar-refractivity contribution < 1.29 is 28.0 Å². The summed E-state index contributed by atoms with van der Waals surface area (Å²) in [5.41, 5.74) is -0.450.